The molecule has 2 aromatic carbocycles. The molecule has 2 aromatic rings. The van der Waals surface area contributed by atoms with Crippen LogP contribution in [0.1, 0.15) is 36.0 Å². The molecule has 3 rings (SSSR count). The van der Waals surface area contributed by atoms with E-state index in [0.29, 0.717) is 10.6 Å². The largest absolute Gasteiger partial charge is 0.265 e. The van der Waals surface area contributed by atoms with E-state index in [4.69, 9.17) is 5.26 Å². The van der Waals surface area contributed by atoms with E-state index < -0.39 is 10.0 Å². The Kier molecular flexibility index (Phi) is 5.10. The summed E-state index contributed by atoms with van der Waals surface area (Å²) in [5.41, 5.74) is 4.05. The van der Waals surface area contributed by atoms with Crippen LogP contribution in [0.3, 0.4) is 0 Å². The third-order valence-corrected chi connectivity index (χ3v) is 6.48. The molecular formula is C20H22N2O2S. The summed E-state index contributed by atoms with van der Waals surface area (Å²) in [6.07, 6.45) is 4.37. The van der Waals surface area contributed by atoms with E-state index >= 15 is 0 Å². The van der Waals surface area contributed by atoms with Gasteiger partial charge in [-0.05, 0) is 68.0 Å². The first kappa shape index (κ1) is 17.5. The van der Waals surface area contributed by atoms with Gasteiger partial charge < -0.3 is 0 Å². The number of aryl methyl sites for hydroxylation is 3. The van der Waals surface area contributed by atoms with Crippen LogP contribution in [0, 0.1) is 18.3 Å². The molecule has 1 aliphatic carbocycles. The summed E-state index contributed by atoms with van der Waals surface area (Å²) in [5, 5.41) is 8.93. The zero-order chi connectivity index (χ0) is 17.9. The summed E-state index contributed by atoms with van der Waals surface area (Å²) in [6.45, 7) is 2.11. The third kappa shape index (κ3) is 3.69. The lowest BCUT2D eigenvalue weighted by atomic mass is 9.92. The molecule has 5 heteroatoms. The van der Waals surface area contributed by atoms with Gasteiger partial charge in [-0.3, -0.25) is 4.31 Å². The van der Waals surface area contributed by atoms with Crippen molar-refractivity contribution in [3.05, 3.63) is 59.2 Å². The van der Waals surface area contributed by atoms with Crippen molar-refractivity contribution < 1.29 is 8.42 Å². The normalized spacial score (nSPS) is 13.8. The summed E-state index contributed by atoms with van der Waals surface area (Å²) in [7, 11) is -3.69. The molecule has 0 N–H and O–H groups in total. The minimum Gasteiger partial charge on any atom is -0.265 e. The summed E-state index contributed by atoms with van der Waals surface area (Å²) >= 11 is 0. The van der Waals surface area contributed by atoms with Crippen molar-refractivity contribution in [2.24, 2.45) is 0 Å². The van der Waals surface area contributed by atoms with E-state index in [2.05, 4.69) is 0 Å². The maximum atomic E-state index is 13.2. The molecule has 0 radical (unpaired) electrons. The maximum absolute atomic E-state index is 13.2. The number of nitrogens with zero attached hydrogens (tertiary/aromatic N) is 2. The molecule has 130 valence electrons. The molecule has 0 amide bonds. The topological polar surface area (TPSA) is 61.2 Å². The van der Waals surface area contributed by atoms with Gasteiger partial charge in [-0.2, -0.15) is 5.26 Å². The Morgan fingerprint density at radius 1 is 1.04 bits per heavy atom. The molecule has 0 saturated heterocycles. The summed E-state index contributed by atoms with van der Waals surface area (Å²) in [4.78, 5) is 0.312. The molecular weight excluding hydrogens is 332 g/mol. The van der Waals surface area contributed by atoms with Crippen molar-refractivity contribution >= 4 is 15.7 Å². The highest BCUT2D eigenvalue weighted by Gasteiger charge is 2.26. The van der Waals surface area contributed by atoms with Crippen molar-refractivity contribution in [3.63, 3.8) is 0 Å². The first-order valence-corrected chi connectivity index (χ1v) is 10.0. The quantitative estimate of drug-likeness (QED) is 0.816. The second kappa shape index (κ2) is 7.28. The van der Waals surface area contributed by atoms with Gasteiger partial charge in [-0.25, -0.2) is 8.42 Å². The van der Waals surface area contributed by atoms with E-state index in [1.807, 2.05) is 37.3 Å². The Morgan fingerprint density at radius 3 is 2.40 bits per heavy atom. The van der Waals surface area contributed by atoms with Gasteiger partial charge in [0.15, 0.2) is 0 Å². The van der Waals surface area contributed by atoms with Gasteiger partial charge in [0, 0.05) is 6.54 Å². The predicted molar refractivity (Wildman–Crippen MR) is 99.0 cm³/mol. The van der Waals surface area contributed by atoms with Gasteiger partial charge in [0.25, 0.3) is 10.0 Å². The van der Waals surface area contributed by atoms with Crippen LogP contribution in [0.4, 0.5) is 5.69 Å². The van der Waals surface area contributed by atoms with Crippen LogP contribution in [0.5, 0.6) is 0 Å². The average Bonchev–Trinajstić information content (AvgIpc) is 2.63. The smallest absolute Gasteiger partial charge is 0.264 e. The lowest BCUT2D eigenvalue weighted by Crippen LogP contribution is -2.32. The van der Waals surface area contributed by atoms with Crippen LogP contribution < -0.4 is 4.31 Å². The third-order valence-electron chi connectivity index (χ3n) is 4.66. The van der Waals surface area contributed by atoms with E-state index in [1.165, 1.54) is 9.87 Å². The van der Waals surface area contributed by atoms with E-state index in [-0.39, 0.29) is 13.0 Å². The molecule has 0 heterocycles. The van der Waals surface area contributed by atoms with E-state index in [1.54, 1.807) is 18.2 Å². The fourth-order valence-electron chi connectivity index (χ4n) is 3.25. The highest BCUT2D eigenvalue weighted by molar-refractivity contribution is 7.92. The number of rotatable bonds is 5. The number of hydrogen-bond donors (Lipinski definition) is 0. The van der Waals surface area contributed by atoms with Crippen LogP contribution in [-0.2, 0) is 22.9 Å². The molecule has 0 spiro atoms. The molecule has 4 nitrogen and oxygen atoms in total. The Labute approximate surface area is 149 Å². The number of benzene rings is 2. The molecule has 0 unspecified atom stereocenters. The van der Waals surface area contributed by atoms with E-state index in [9.17, 15) is 8.42 Å². The van der Waals surface area contributed by atoms with Gasteiger partial charge in [0.05, 0.1) is 23.1 Å². The minimum absolute atomic E-state index is 0.151. The van der Waals surface area contributed by atoms with E-state index in [0.717, 1.165) is 36.8 Å². The van der Waals surface area contributed by atoms with Gasteiger partial charge in [-0.1, -0.05) is 23.8 Å². The zero-order valence-electron chi connectivity index (χ0n) is 14.4. The first-order chi connectivity index (χ1) is 12.0. The van der Waals surface area contributed by atoms with Crippen LogP contribution in [0.25, 0.3) is 0 Å². The number of nitriles is 1. The average molecular weight is 354 g/mol. The number of hydrogen-bond acceptors (Lipinski definition) is 3. The molecule has 25 heavy (non-hydrogen) atoms. The van der Waals surface area contributed by atoms with Crippen LogP contribution in [-0.4, -0.2) is 15.0 Å². The maximum Gasteiger partial charge on any atom is 0.264 e. The lowest BCUT2D eigenvalue weighted by molar-refractivity contribution is 0.590. The van der Waals surface area contributed by atoms with Crippen LogP contribution >= 0.6 is 0 Å². The lowest BCUT2D eigenvalue weighted by Gasteiger charge is -2.25. The second-order valence-corrected chi connectivity index (χ2v) is 8.32. The molecule has 0 saturated carbocycles. The van der Waals surface area contributed by atoms with Crippen molar-refractivity contribution in [2.45, 2.75) is 43.9 Å². The second-order valence-electron chi connectivity index (χ2n) is 6.46. The van der Waals surface area contributed by atoms with Crippen molar-refractivity contribution in [1.82, 2.24) is 0 Å². The molecule has 0 aromatic heterocycles. The number of anilines is 1. The Bertz CT molecular complexity index is 896. The van der Waals surface area contributed by atoms with Gasteiger partial charge in [0.1, 0.15) is 0 Å². The van der Waals surface area contributed by atoms with Crippen molar-refractivity contribution in [1.29, 1.82) is 5.26 Å². The molecule has 1 aliphatic rings. The fourth-order valence-corrected chi connectivity index (χ4v) is 4.76. The van der Waals surface area contributed by atoms with Crippen LogP contribution in [0.2, 0.25) is 0 Å². The highest BCUT2D eigenvalue weighted by Crippen LogP contribution is 2.28. The summed E-state index contributed by atoms with van der Waals surface area (Å²) < 4.78 is 27.8. The SMILES string of the molecule is Cc1ccc(N(CCC#N)S(=O)(=O)c2ccc3c(c2)CCCC3)cc1. The Morgan fingerprint density at radius 2 is 1.72 bits per heavy atom. The Balaban J connectivity index is 2.01. The van der Waals surface area contributed by atoms with Crippen molar-refractivity contribution in [2.75, 3.05) is 10.8 Å². The number of fused-ring (bicyclic) bond motifs is 1. The van der Waals surface area contributed by atoms with Gasteiger partial charge in [0.2, 0.25) is 0 Å². The van der Waals surface area contributed by atoms with Gasteiger partial charge in [-0.15, -0.1) is 0 Å². The Hall–Kier alpha value is -2.32. The summed E-state index contributed by atoms with van der Waals surface area (Å²) in [5.74, 6) is 0. The standard InChI is InChI=1S/C20H22N2O2S/c1-16-7-10-19(11-8-16)22(14-4-13-21)25(23,24)20-12-9-17-5-2-3-6-18(17)15-20/h7-12,15H,2-6,14H2,1H3. The van der Waals surface area contributed by atoms with Gasteiger partial charge >= 0.3 is 0 Å². The van der Waals surface area contributed by atoms with Crippen molar-refractivity contribution in [3.8, 4) is 6.07 Å². The summed E-state index contributed by atoms with van der Waals surface area (Å²) in [6, 6.07) is 14.9. The molecule has 0 fully saturated rings. The first-order valence-electron chi connectivity index (χ1n) is 8.60. The fraction of sp³-hybridized carbons (Fsp3) is 0.350. The minimum atomic E-state index is -3.69. The number of sulfonamides is 1. The zero-order valence-corrected chi connectivity index (χ0v) is 15.2. The van der Waals surface area contributed by atoms with Crippen LogP contribution in [0.15, 0.2) is 47.4 Å². The molecule has 0 atom stereocenters. The predicted octanol–water partition coefficient (Wildman–Crippen LogP) is 3.98. The highest BCUT2D eigenvalue weighted by atomic mass is 32.2. The monoisotopic (exact) mass is 354 g/mol. The molecule has 0 bridgehead atoms. The molecule has 0 aliphatic heterocycles.